The van der Waals surface area contributed by atoms with Crippen LogP contribution in [0.25, 0.3) is 0 Å². The van der Waals surface area contributed by atoms with Gasteiger partial charge >= 0.3 is 0 Å². The highest BCUT2D eigenvalue weighted by Crippen LogP contribution is 1.80. The van der Waals surface area contributed by atoms with E-state index in [1.807, 2.05) is 6.08 Å². The molecule has 0 saturated heterocycles. The second kappa shape index (κ2) is 3.61. The summed E-state index contributed by atoms with van der Waals surface area (Å²) in [7, 11) is 0. The molecule has 1 aliphatic heterocycles. The Balaban J connectivity index is 0.000000360. The fraction of sp³-hybridized carbons (Fsp3) is 0. The summed E-state index contributed by atoms with van der Waals surface area (Å²) in [6.07, 6.45) is 6.93. The highest BCUT2D eigenvalue weighted by atomic mass is 32.1. The summed E-state index contributed by atoms with van der Waals surface area (Å²) in [5, 5.41) is 0. The number of allylic oxidation sites excluding steroid dienone is 2. The monoisotopic (exact) mass is 117 g/mol. The zero-order valence-corrected chi connectivity index (χ0v) is 4.72. The number of hydrogen-bond donors (Lipinski definition) is 1. The average molecular weight is 117 g/mol. The maximum absolute atomic E-state index is 4.55. The van der Waals surface area contributed by atoms with E-state index in [2.05, 4.69) is 10.3 Å². The van der Waals surface area contributed by atoms with Crippen molar-refractivity contribution in [2.75, 3.05) is 0 Å². The lowest BCUT2D eigenvalue weighted by molar-refractivity contribution is 0.172. The molecule has 7 heavy (non-hydrogen) atoms. The van der Waals surface area contributed by atoms with Crippen LogP contribution in [0.5, 0.6) is 0 Å². The first-order valence-corrected chi connectivity index (χ1v) is 1.73. The number of nitrogens with one attached hydrogen (secondary N) is 1. The Kier molecular flexibility index (Phi) is 3.32. The molecule has 3 heteroatoms. The molecule has 0 fully saturated rings. The van der Waals surface area contributed by atoms with Crippen molar-refractivity contribution in [3.05, 3.63) is 24.6 Å². The number of hydrogen-bond acceptors (Lipinski definition) is 2. The van der Waals surface area contributed by atoms with Crippen molar-refractivity contribution < 1.29 is 4.84 Å². The molecule has 0 unspecified atom stereocenters. The minimum absolute atomic E-state index is 0. The third-order valence-electron chi connectivity index (χ3n) is 0.490. The second-order valence-electron chi connectivity index (χ2n) is 0.923. The van der Waals surface area contributed by atoms with Crippen LogP contribution in [-0.2, 0) is 4.84 Å². The zero-order chi connectivity index (χ0) is 4.24. The zero-order valence-electron chi connectivity index (χ0n) is 3.72. The van der Waals surface area contributed by atoms with Crippen molar-refractivity contribution in [2.45, 2.75) is 0 Å². The van der Waals surface area contributed by atoms with Crippen LogP contribution in [0.15, 0.2) is 24.6 Å². The molecule has 0 aromatic rings. The molecule has 0 bridgehead atoms. The molecule has 0 aromatic carbocycles. The maximum Gasteiger partial charge on any atom is 0.119 e. The van der Waals surface area contributed by atoms with Crippen molar-refractivity contribution in [3.63, 3.8) is 0 Å². The van der Waals surface area contributed by atoms with Crippen LogP contribution in [0.3, 0.4) is 0 Å². The maximum atomic E-state index is 4.55. The Morgan fingerprint density at radius 1 is 1.29 bits per heavy atom. The molecule has 0 radical (unpaired) electrons. The molecular weight excluding hydrogens is 110 g/mol. The molecule has 1 rings (SSSR count). The third-order valence-corrected chi connectivity index (χ3v) is 0.490. The van der Waals surface area contributed by atoms with Gasteiger partial charge in [-0.05, 0) is 12.2 Å². The van der Waals surface area contributed by atoms with E-state index in [9.17, 15) is 0 Å². The standard InChI is InChI=1S/C4H5NO.H2S/c1-2-4-6-5-3-1;/h1-5H;1H2. The highest BCUT2D eigenvalue weighted by molar-refractivity contribution is 7.59. The summed E-state index contributed by atoms with van der Waals surface area (Å²) in [5.41, 5.74) is 2.52. The van der Waals surface area contributed by atoms with Gasteiger partial charge in [0, 0.05) is 6.20 Å². The first-order valence-electron chi connectivity index (χ1n) is 1.73. The lowest BCUT2D eigenvalue weighted by Gasteiger charge is -1.97. The third kappa shape index (κ3) is 2.17. The minimum Gasteiger partial charge on any atom is -0.391 e. The van der Waals surface area contributed by atoms with E-state index < -0.39 is 0 Å². The van der Waals surface area contributed by atoms with Crippen molar-refractivity contribution in [2.24, 2.45) is 0 Å². The molecule has 1 aliphatic rings. The molecule has 1 N–H and O–H groups in total. The van der Waals surface area contributed by atoms with E-state index in [1.165, 1.54) is 0 Å². The topological polar surface area (TPSA) is 21.3 Å². The van der Waals surface area contributed by atoms with Gasteiger partial charge in [-0.1, -0.05) is 0 Å². The Morgan fingerprint density at radius 2 is 2.14 bits per heavy atom. The lowest BCUT2D eigenvalue weighted by atomic mass is 10.6. The Morgan fingerprint density at radius 3 is 2.29 bits per heavy atom. The molecular formula is C4H7NOS. The van der Waals surface area contributed by atoms with E-state index in [-0.39, 0.29) is 13.5 Å². The number of rotatable bonds is 0. The fourth-order valence-electron chi connectivity index (χ4n) is 0.258. The van der Waals surface area contributed by atoms with E-state index in [0.29, 0.717) is 0 Å². The van der Waals surface area contributed by atoms with E-state index >= 15 is 0 Å². The van der Waals surface area contributed by atoms with Gasteiger partial charge in [-0.25, -0.2) is 5.48 Å². The van der Waals surface area contributed by atoms with Crippen LogP contribution < -0.4 is 5.48 Å². The van der Waals surface area contributed by atoms with Crippen LogP contribution >= 0.6 is 13.5 Å². The van der Waals surface area contributed by atoms with Crippen molar-refractivity contribution in [1.29, 1.82) is 0 Å². The van der Waals surface area contributed by atoms with E-state index in [4.69, 9.17) is 0 Å². The second-order valence-corrected chi connectivity index (χ2v) is 0.923. The Hall–Kier alpha value is -0.570. The predicted molar refractivity (Wildman–Crippen MR) is 32.9 cm³/mol. The van der Waals surface area contributed by atoms with Crippen LogP contribution in [0.4, 0.5) is 0 Å². The summed E-state index contributed by atoms with van der Waals surface area (Å²) in [5.74, 6) is 0. The van der Waals surface area contributed by atoms with Gasteiger partial charge in [-0.3, -0.25) is 0 Å². The molecule has 0 saturated carbocycles. The molecule has 0 atom stereocenters. The summed E-state index contributed by atoms with van der Waals surface area (Å²) in [4.78, 5) is 4.55. The number of hydroxylamine groups is 1. The van der Waals surface area contributed by atoms with Crippen LogP contribution in [0.2, 0.25) is 0 Å². The SMILES string of the molecule is C1=CNOC=C1.S. The van der Waals surface area contributed by atoms with Crippen LogP contribution in [-0.4, -0.2) is 0 Å². The molecule has 0 amide bonds. The quantitative estimate of drug-likeness (QED) is 0.503. The molecule has 0 aliphatic carbocycles. The van der Waals surface area contributed by atoms with Crippen molar-refractivity contribution >= 4 is 13.5 Å². The molecule has 0 spiro atoms. The minimum atomic E-state index is 0. The normalized spacial score (nSPS) is 13.7. The van der Waals surface area contributed by atoms with Crippen molar-refractivity contribution in [1.82, 2.24) is 5.48 Å². The first-order chi connectivity index (χ1) is 3.00. The average Bonchev–Trinajstić information content (AvgIpc) is 1.72. The largest absolute Gasteiger partial charge is 0.391 e. The summed E-state index contributed by atoms with van der Waals surface area (Å²) in [6, 6.07) is 0. The van der Waals surface area contributed by atoms with Crippen LogP contribution in [0, 0.1) is 0 Å². The van der Waals surface area contributed by atoms with Gasteiger partial charge in [0.15, 0.2) is 0 Å². The van der Waals surface area contributed by atoms with E-state index in [0.717, 1.165) is 0 Å². The molecule has 1 heterocycles. The molecule has 0 aromatic heterocycles. The van der Waals surface area contributed by atoms with Gasteiger partial charge in [0.05, 0.1) is 0 Å². The smallest absolute Gasteiger partial charge is 0.119 e. The van der Waals surface area contributed by atoms with Gasteiger partial charge in [0.25, 0.3) is 0 Å². The first kappa shape index (κ1) is 6.43. The van der Waals surface area contributed by atoms with Gasteiger partial charge in [-0.15, -0.1) is 0 Å². The van der Waals surface area contributed by atoms with Gasteiger partial charge < -0.3 is 4.84 Å². The molecule has 40 valence electrons. The summed E-state index contributed by atoms with van der Waals surface area (Å²) >= 11 is 0. The summed E-state index contributed by atoms with van der Waals surface area (Å²) in [6.45, 7) is 0. The van der Waals surface area contributed by atoms with Crippen LogP contribution in [0.1, 0.15) is 0 Å². The van der Waals surface area contributed by atoms with Gasteiger partial charge in [0.2, 0.25) is 0 Å². The fourth-order valence-corrected chi connectivity index (χ4v) is 0.258. The van der Waals surface area contributed by atoms with Gasteiger partial charge in [-0.2, -0.15) is 13.5 Å². The van der Waals surface area contributed by atoms with Crippen molar-refractivity contribution in [3.8, 4) is 0 Å². The highest BCUT2D eigenvalue weighted by Gasteiger charge is 1.72. The summed E-state index contributed by atoms with van der Waals surface area (Å²) < 4.78 is 0. The predicted octanol–water partition coefficient (Wildman–Crippen LogP) is 0.661. The lowest BCUT2D eigenvalue weighted by Crippen LogP contribution is -2.01. The van der Waals surface area contributed by atoms with Gasteiger partial charge in [0.1, 0.15) is 6.26 Å². The Bertz CT molecular complexity index is 77.7. The van der Waals surface area contributed by atoms with E-state index in [1.54, 1.807) is 18.5 Å². The Labute approximate surface area is 49.3 Å². The molecule has 2 nitrogen and oxygen atoms in total.